The predicted molar refractivity (Wildman–Crippen MR) is 43.5 cm³/mol. The Balaban J connectivity index is 4.00. The molecule has 0 bridgehead atoms. The number of hydrogen-bond donors (Lipinski definition) is 2. The molecule has 12 heavy (non-hydrogen) atoms. The molecular weight excluding hydrogens is 160 g/mol. The van der Waals surface area contributed by atoms with E-state index < -0.39 is 18.2 Å². The lowest BCUT2D eigenvalue weighted by molar-refractivity contribution is -0.160. The van der Waals surface area contributed by atoms with Crippen LogP contribution >= 0.6 is 0 Å². The number of ether oxygens (including phenoxy) is 1. The van der Waals surface area contributed by atoms with Crippen LogP contribution in [0.4, 0.5) is 0 Å². The quantitative estimate of drug-likeness (QED) is 0.588. The molecule has 0 rings (SSSR count). The zero-order valence-electron chi connectivity index (χ0n) is 7.65. The van der Waals surface area contributed by atoms with Gasteiger partial charge in [0.2, 0.25) is 0 Å². The second-order valence-corrected chi connectivity index (χ2v) is 2.93. The Morgan fingerprint density at radius 2 is 1.92 bits per heavy atom. The van der Waals surface area contributed by atoms with Crippen LogP contribution in [0.25, 0.3) is 0 Å². The molecule has 72 valence electrons. The van der Waals surface area contributed by atoms with Gasteiger partial charge in [0.15, 0.2) is 6.10 Å². The zero-order valence-corrected chi connectivity index (χ0v) is 7.65. The normalized spacial score (nSPS) is 15.8. The Kier molecular flexibility index (Phi) is 4.85. The minimum absolute atomic E-state index is 0.163. The van der Waals surface area contributed by atoms with E-state index in [2.05, 4.69) is 4.74 Å². The molecule has 0 heterocycles. The molecule has 2 atom stereocenters. The summed E-state index contributed by atoms with van der Waals surface area (Å²) in [6, 6.07) is 0. The number of carbonyl (C=O) groups is 1. The lowest BCUT2D eigenvalue weighted by Gasteiger charge is -2.18. The summed E-state index contributed by atoms with van der Waals surface area (Å²) >= 11 is 0. The van der Waals surface area contributed by atoms with Crippen LogP contribution in [0.15, 0.2) is 0 Å². The van der Waals surface area contributed by atoms with E-state index in [0.29, 0.717) is 0 Å². The number of aliphatic hydroxyl groups excluding tert-OH is 2. The SMILES string of the molecule is CCOC(=O)[C@H](O)[C@@H](O)C(C)C. The second kappa shape index (κ2) is 5.11. The van der Waals surface area contributed by atoms with Crippen molar-refractivity contribution in [3.05, 3.63) is 0 Å². The molecule has 0 aliphatic carbocycles. The summed E-state index contributed by atoms with van der Waals surface area (Å²) in [5.41, 5.74) is 0. The maximum absolute atomic E-state index is 10.9. The van der Waals surface area contributed by atoms with Gasteiger partial charge in [0, 0.05) is 0 Å². The number of rotatable bonds is 4. The molecule has 2 N–H and O–H groups in total. The Labute approximate surface area is 72.2 Å². The summed E-state index contributed by atoms with van der Waals surface area (Å²) in [6.07, 6.45) is -2.48. The molecule has 4 heteroatoms. The van der Waals surface area contributed by atoms with Gasteiger partial charge < -0.3 is 14.9 Å². The van der Waals surface area contributed by atoms with E-state index in [9.17, 15) is 9.90 Å². The fourth-order valence-electron chi connectivity index (χ4n) is 0.732. The van der Waals surface area contributed by atoms with Crippen LogP contribution in [-0.2, 0) is 9.53 Å². The zero-order chi connectivity index (χ0) is 9.72. The van der Waals surface area contributed by atoms with E-state index in [-0.39, 0.29) is 12.5 Å². The molecule has 0 saturated heterocycles. The maximum atomic E-state index is 10.9. The van der Waals surface area contributed by atoms with Gasteiger partial charge in [-0.05, 0) is 12.8 Å². The molecule has 0 aromatic carbocycles. The topological polar surface area (TPSA) is 66.8 Å². The Hall–Kier alpha value is -0.610. The maximum Gasteiger partial charge on any atom is 0.337 e. The van der Waals surface area contributed by atoms with E-state index in [1.54, 1.807) is 20.8 Å². The van der Waals surface area contributed by atoms with E-state index >= 15 is 0 Å². The van der Waals surface area contributed by atoms with Crippen LogP contribution in [0, 0.1) is 5.92 Å². The van der Waals surface area contributed by atoms with Crippen LogP contribution in [0.5, 0.6) is 0 Å². The van der Waals surface area contributed by atoms with Crippen LogP contribution < -0.4 is 0 Å². The van der Waals surface area contributed by atoms with Crippen LogP contribution in [0.2, 0.25) is 0 Å². The predicted octanol–water partition coefficient (Wildman–Crippen LogP) is -0.0727. The third kappa shape index (κ3) is 3.19. The molecule has 0 saturated carbocycles. The molecule has 0 aromatic heterocycles. The van der Waals surface area contributed by atoms with Crippen molar-refractivity contribution in [2.45, 2.75) is 33.0 Å². The summed E-state index contributed by atoms with van der Waals surface area (Å²) < 4.78 is 4.53. The lowest BCUT2D eigenvalue weighted by Crippen LogP contribution is -2.38. The van der Waals surface area contributed by atoms with Gasteiger partial charge in [0.1, 0.15) is 0 Å². The fourth-order valence-corrected chi connectivity index (χ4v) is 0.732. The van der Waals surface area contributed by atoms with Crippen molar-refractivity contribution in [1.29, 1.82) is 0 Å². The van der Waals surface area contributed by atoms with Crippen LogP contribution in [0.3, 0.4) is 0 Å². The summed E-state index contributed by atoms with van der Waals surface area (Å²) in [7, 11) is 0. The van der Waals surface area contributed by atoms with Crippen LogP contribution in [0.1, 0.15) is 20.8 Å². The molecule has 0 amide bonds. The van der Waals surface area contributed by atoms with Crippen molar-refractivity contribution < 1.29 is 19.7 Å². The largest absolute Gasteiger partial charge is 0.464 e. The molecule has 0 unspecified atom stereocenters. The van der Waals surface area contributed by atoms with Gasteiger partial charge in [-0.25, -0.2) is 4.79 Å². The van der Waals surface area contributed by atoms with Gasteiger partial charge in [0.25, 0.3) is 0 Å². The molecule has 0 aliphatic heterocycles. The van der Waals surface area contributed by atoms with Crippen molar-refractivity contribution in [1.82, 2.24) is 0 Å². The number of carbonyl (C=O) groups excluding carboxylic acids is 1. The van der Waals surface area contributed by atoms with Gasteiger partial charge in [-0.2, -0.15) is 0 Å². The second-order valence-electron chi connectivity index (χ2n) is 2.93. The molecule has 0 radical (unpaired) electrons. The highest BCUT2D eigenvalue weighted by Crippen LogP contribution is 2.07. The first-order valence-electron chi connectivity index (χ1n) is 4.03. The first-order chi connectivity index (χ1) is 5.50. The smallest absolute Gasteiger partial charge is 0.337 e. The Morgan fingerprint density at radius 1 is 1.42 bits per heavy atom. The standard InChI is InChI=1S/C8H16O4/c1-4-12-8(11)7(10)6(9)5(2)3/h5-7,9-10H,4H2,1-3H3/t6-,7+/m0/s1. The third-order valence-electron chi connectivity index (χ3n) is 1.53. The number of aliphatic hydroxyl groups is 2. The lowest BCUT2D eigenvalue weighted by atomic mass is 10.0. The minimum Gasteiger partial charge on any atom is -0.464 e. The fraction of sp³-hybridized carbons (Fsp3) is 0.875. The summed E-state index contributed by atoms with van der Waals surface area (Å²) in [5, 5.41) is 18.4. The highest BCUT2D eigenvalue weighted by atomic mass is 16.5. The van der Waals surface area contributed by atoms with Gasteiger partial charge in [-0.15, -0.1) is 0 Å². The van der Waals surface area contributed by atoms with Gasteiger partial charge in [-0.3, -0.25) is 0 Å². The van der Waals surface area contributed by atoms with Crippen molar-refractivity contribution in [2.24, 2.45) is 5.92 Å². The highest BCUT2D eigenvalue weighted by Gasteiger charge is 2.27. The molecule has 0 aliphatic rings. The first kappa shape index (κ1) is 11.4. The highest BCUT2D eigenvalue weighted by molar-refractivity contribution is 5.75. The van der Waals surface area contributed by atoms with Crippen molar-refractivity contribution >= 4 is 5.97 Å². The number of esters is 1. The van der Waals surface area contributed by atoms with Gasteiger partial charge in [-0.1, -0.05) is 13.8 Å². The Bertz CT molecular complexity index is 144. The minimum atomic E-state index is -1.43. The average molecular weight is 176 g/mol. The number of hydrogen-bond acceptors (Lipinski definition) is 4. The van der Waals surface area contributed by atoms with Crippen molar-refractivity contribution in [3.8, 4) is 0 Å². The molecule has 0 aromatic rings. The van der Waals surface area contributed by atoms with Crippen molar-refractivity contribution in [3.63, 3.8) is 0 Å². The monoisotopic (exact) mass is 176 g/mol. The average Bonchev–Trinajstić information content (AvgIpc) is 2.02. The van der Waals surface area contributed by atoms with E-state index in [4.69, 9.17) is 5.11 Å². The van der Waals surface area contributed by atoms with Crippen molar-refractivity contribution in [2.75, 3.05) is 6.61 Å². The molecule has 0 fully saturated rings. The Morgan fingerprint density at radius 3 is 2.25 bits per heavy atom. The molecular formula is C8H16O4. The van der Waals surface area contributed by atoms with Gasteiger partial charge in [0.05, 0.1) is 12.7 Å². The molecule has 0 spiro atoms. The van der Waals surface area contributed by atoms with E-state index in [1.807, 2.05) is 0 Å². The van der Waals surface area contributed by atoms with E-state index in [0.717, 1.165) is 0 Å². The third-order valence-corrected chi connectivity index (χ3v) is 1.53. The van der Waals surface area contributed by atoms with E-state index in [1.165, 1.54) is 0 Å². The summed E-state index contributed by atoms with van der Waals surface area (Å²) in [5.74, 6) is -0.928. The first-order valence-corrected chi connectivity index (χ1v) is 4.03. The van der Waals surface area contributed by atoms with Crippen LogP contribution in [-0.4, -0.2) is 35.0 Å². The summed E-state index contributed by atoms with van der Waals surface area (Å²) in [4.78, 5) is 10.9. The van der Waals surface area contributed by atoms with Gasteiger partial charge >= 0.3 is 5.97 Å². The summed E-state index contributed by atoms with van der Waals surface area (Å²) in [6.45, 7) is 5.29. The molecule has 4 nitrogen and oxygen atoms in total.